The van der Waals surface area contributed by atoms with Crippen molar-refractivity contribution in [3.05, 3.63) is 112 Å². The zero-order valence-corrected chi connectivity index (χ0v) is 26.6. The topological polar surface area (TPSA) is 93.8 Å². The number of hydrogen-bond acceptors (Lipinski definition) is 8. The third-order valence-electron chi connectivity index (χ3n) is 7.80. The van der Waals surface area contributed by atoms with Crippen LogP contribution in [-0.4, -0.2) is 54.1 Å². The third-order valence-corrected chi connectivity index (χ3v) is 8.81. The van der Waals surface area contributed by atoms with Crippen molar-refractivity contribution in [2.24, 2.45) is 4.99 Å². The van der Waals surface area contributed by atoms with Crippen molar-refractivity contribution in [1.82, 2.24) is 9.80 Å². The number of carbonyl (C=O) groups is 2. The van der Waals surface area contributed by atoms with Gasteiger partial charge in [0, 0.05) is 18.7 Å². The molecule has 2 saturated heterocycles. The maximum Gasteiger partial charge on any atom is 0.267 e. The number of amides is 2. The maximum atomic E-state index is 13.6. The first-order chi connectivity index (χ1) is 22.5. The van der Waals surface area contributed by atoms with Crippen molar-refractivity contribution in [2.45, 2.75) is 32.4 Å². The summed E-state index contributed by atoms with van der Waals surface area (Å²) in [6.07, 6.45) is 6.72. The molecular formula is C36H35N3O6S. The Hall–Kier alpha value is -4.96. The van der Waals surface area contributed by atoms with E-state index < -0.39 is 0 Å². The smallest absolute Gasteiger partial charge is 0.267 e. The van der Waals surface area contributed by atoms with Gasteiger partial charge in [-0.1, -0.05) is 18.2 Å². The van der Waals surface area contributed by atoms with E-state index in [1.807, 2.05) is 83.8 Å². The van der Waals surface area contributed by atoms with E-state index in [1.54, 1.807) is 31.4 Å². The fourth-order valence-corrected chi connectivity index (χ4v) is 6.28. The van der Waals surface area contributed by atoms with Crippen LogP contribution in [0, 0.1) is 0 Å². The van der Waals surface area contributed by atoms with Crippen LogP contribution in [0.25, 0.3) is 6.08 Å². The van der Waals surface area contributed by atoms with Gasteiger partial charge in [0.25, 0.3) is 11.8 Å². The second-order valence-corrected chi connectivity index (χ2v) is 11.9. The van der Waals surface area contributed by atoms with Crippen LogP contribution < -0.4 is 14.2 Å². The normalized spacial score (nSPS) is 16.7. The molecule has 0 aliphatic carbocycles. The van der Waals surface area contributed by atoms with Crippen LogP contribution in [-0.2, 0) is 17.9 Å². The highest BCUT2D eigenvalue weighted by atomic mass is 32.2. The summed E-state index contributed by atoms with van der Waals surface area (Å²) in [6, 6.07) is 24.1. The van der Waals surface area contributed by atoms with Gasteiger partial charge in [0.05, 0.1) is 37.6 Å². The molecule has 2 aliphatic heterocycles. The van der Waals surface area contributed by atoms with Crippen molar-refractivity contribution < 1.29 is 28.2 Å². The lowest BCUT2D eigenvalue weighted by Gasteiger charge is -2.26. The number of aliphatic imine (C=N–C) groups is 1. The molecule has 0 N–H and O–H groups in total. The first-order valence-electron chi connectivity index (χ1n) is 15.2. The summed E-state index contributed by atoms with van der Waals surface area (Å²) >= 11 is 1.30. The lowest BCUT2D eigenvalue weighted by molar-refractivity contribution is -0.122. The van der Waals surface area contributed by atoms with Crippen LogP contribution in [0.2, 0.25) is 0 Å². The van der Waals surface area contributed by atoms with Crippen LogP contribution >= 0.6 is 11.8 Å². The van der Waals surface area contributed by atoms with Gasteiger partial charge in [0.2, 0.25) is 0 Å². The van der Waals surface area contributed by atoms with Gasteiger partial charge in [-0.25, -0.2) is 4.99 Å². The van der Waals surface area contributed by atoms with E-state index in [0.717, 1.165) is 42.8 Å². The van der Waals surface area contributed by atoms with Gasteiger partial charge in [-0.05, 0) is 109 Å². The van der Waals surface area contributed by atoms with E-state index in [4.69, 9.17) is 23.6 Å². The van der Waals surface area contributed by atoms with E-state index in [9.17, 15) is 9.59 Å². The molecule has 2 amide bonds. The highest BCUT2D eigenvalue weighted by Gasteiger charge is 2.34. The number of piperidine rings is 1. The number of rotatable bonds is 10. The van der Waals surface area contributed by atoms with E-state index in [1.165, 1.54) is 18.2 Å². The molecule has 2 fully saturated rings. The summed E-state index contributed by atoms with van der Waals surface area (Å²) < 4.78 is 22.5. The Kier molecular flexibility index (Phi) is 9.73. The molecule has 0 saturated carbocycles. The van der Waals surface area contributed by atoms with E-state index >= 15 is 0 Å². The predicted molar refractivity (Wildman–Crippen MR) is 178 cm³/mol. The van der Waals surface area contributed by atoms with Crippen molar-refractivity contribution in [1.29, 1.82) is 0 Å². The minimum atomic E-state index is -0.171. The molecule has 9 nitrogen and oxygen atoms in total. The lowest BCUT2D eigenvalue weighted by Crippen LogP contribution is -2.35. The molecule has 2 aliphatic rings. The molecule has 6 rings (SSSR count). The minimum Gasteiger partial charge on any atom is -0.497 e. The van der Waals surface area contributed by atoms with Gasteiger partial charge in [-0.3, -0.25) is 14.5 Å². The zero-order valence-electron chi connectivity index (χ0n) is 25.8. The summed E-state index contributed by atoms with van der Waals surface area (Å²) in [6.45, 7) is 2.22. The zero-order chi connectivity index (χ0) is 31.9. The number of thioether (sulfide) groups is 1. The lowest BCUT2D eigenvalue weighted by atomic mass is 10.1. The summed E-state index contributed by atoms with van der Waals surface area (Å²) in [5.41, 5.74) is 3.12. The Bertz CT molecular complexity index is 1730. The number of hydrogen-bond donors (Lipinski definition) is 0. The first kappa shape index (κ1) is 31.0. The fourth-order valence-electron chi connectivity index (χ4n) is 5.29. The molecule has 0 atom stereocenters. The van der Waals surface area contributed by atoms with Crippen LogP contribution in [0.5, 0.6) is 17.2 Å². The number of nitrogens with zero attached hydrogens (tertiary/aromatic N) is 3. The van der Waals surface area contributed by atoms with Crippen LogP contribution in [0.15, 0.2) is 99.4 Å². The second-order valence-electron chi connectivity index (χ2n) is 10.9. The molecule has 0 spiro atoms. The van der Waals surface area contributed by atoms with Gasteiger partial charge in [0.15, 0.2) is 16.7 Å². The predicted octanol–water partition coefficient (Wildman–Crippen LogP) is 7.31. The number of methoxy groups -OCH3 is 2. The second kappa shape index (κ2) is 14.4. The molecule has 3 heterocycles. The molecule has 236 valence electrons. The van der Waals surface area contributed by atoms with Gasteiger partial charge >= 0.3 is 0 Å². The van der Waals surface area contributed by atoms with Crippen molar-refractivity contribution in [3.8, 4) is 17.2 Å². The molecule has 0 unspecified atom stereocenters. The van der Waals surface area contributed by atoms with Crippen molar-refractivity contribution in [3.63, 3.8) is 0 Å². The van der Waals surface area contributed by atoms with Gasteiger partial charge in [-0.2, -0.15) is 0 Å². The molecule has 4 aromatic rings. The highest BCUT2D eigenvalue weighted by Crippen LogP contribution is 2.37. The number of likely N-dealkylation sites (tertiary alicyclic amines) is 1. The number of ether oxygens (including phenoxy) is 3. The Morgan fingerprint density at radius 2 is 1.72 bits per heavy atom. The maximum absolute atomic E-state index is 13.6. The number of amidine groups is 1. The van der Waals surface area contributed by atoms with Crippen LogP contribution in [0.4, 0.5) is 5.69 Å². The molecule has 0 bridgehead atoms. The van der Waals surface area contributed by atoms with Gasteiger partial charge < -0.3 is 23.5 Å². The van der Waals surface area contributed by atoms with Crippen molar-refractivity contribution in [2.75, 3.05) is 27.3 Å². The average molecular weight is 638 g/mol. The average Bonchev–Trinajstić information content (AvgIpc) is 3.72. The Morgan fingerprint density at radius 3 is 2.41 bits per heavy atom. The number of carbonyl (C=O) groups excluding carboxylic acids is 2. The standard InChI is InChI=1S/C36H35N3O6S/c1-42-29-15-13-28(14-16-29)37-36-39(23-30-7-6-20-44-30)35(41)33(46-36)22-26-10-17-31(32(21-26)43-2)45-24-25-8-11-27(12-9-25)34(40)38-18-4-3-5-19-38/h6-17,20-22H,3-5,18-19,23-24H2,1-2H3/b33-22-,37-36?. The third kappa shape index (κ3) is 7.29. The fraction of sp³-hybridized carbons (Fsp3) is 0.250. The first-order valence-corrected chi connectivity index (χ1v) is 16.0. The Labute approximate surface area is 272 Å². The SMILES string of the molecule is COc1ccc(N=C2S/C(=C\c3ccc(OCc4ccc(C(=O)N5CCCCC5)cc4)c(OC)c3)C(=O)N2Cc2ccco2)cc1. The summed E-state index contributed by atoms with van der Waals surface area (Å²) in [5.74, 6) is 2.41. The number of benzene rings is 3. The van der Waals surface area contributed by atoms with Crippen molar-refractivity contribution >= 4 is 40.5 Å². The Balaban J connectivity index is 1.16. The largest absolute Gasteiger partial charge is 0.497 e. The van der Waals surface area contributed by atoms with E-state index in [-0.39, 0.29) is 18.4 Å². The number of furan rings is 1. The summed E-state index contributed by atoms with van der Waals surface area (Å²) in [7, 11) is 3.20. The van der Waals surface area contributed by atoms with E-state index in [0.29, 0.717) is 45.2 Å². The van der Waals surface area contributed by atoms with Gasteiger partial charge in [0.1, 0.15) is 18.1 Å². The van der Waals surface area contributed by atoms with Gasteiger partial charge in [-0.15, -0.1) is 0 Å². The minimum absolute atomic E-state index is 0.0839. The summed E-state index contributed by atoms with van der Waals surface area (Å²) in [5, 5.41) is 0.549. The summed E-state index contributed by atoms with van der Waals surface area (Å²) in [4.78, 5) is 35.2. The molecule has 0 radical (unpaired) electrons. The Morgan fingerprint density at radius 1 is 0.935 bits per heavy atom. The van der Waals surface area contributed by atoms with Crippen LogP contribution in [0.1, 0.15) is 46.5 Å². The molecule has 1 aromatic heterocycles. The molecular weight excluding hydrogens is 602 g/mol. The monoisotopic (exact) mass is 637 g/mol. The van der Waals surface area contributed by atoms with E-state index in [2.05, 4.69) is 0 Å². The molecule has 46 heavy (non-hydrogen) atoms. The molecule has 3 aromatic carbocycles. The highest BCUT2D eigenvalue weighted by molar-refractivity contribution is 8.18. The quantitative estimate of drug-likeness (QED) is 0.168. The van der Waals surface area contributed by atoms with Crippen LogP contribution in [0.3, 0.4) is 0 Å². The molecule has 10 heteroatoms.